The van der Waals surface area contributed by atoms with E-state index in [1.165, 1.54) is 28.9 Å². The molecule has 0 amide bonds. The monoisotopic (exact) mass is 559 g/mol. The largest absolute Gasteiger partial charge is 0.489 e. The van der Waals surface area contributed by atoms with Crippen molar-refractivity contribution < 1.29 is 4.74 Å². The van der Waals surface area contributed by atoms with Crippen molar-refractivity contribution >= 4 is 45.9 Å². The molecule has 1 aliphatic rings. The predicted octanol–water partition coefficient (Wildman–Crippen LogP) is 7.64. The highest BCUT2D eigenvalue weighted by Gasteiger charge is 2.23. The van der Waals surface area contributed by atoms with Gasteiger partial charge in [-0.05, 0) is 94.6 Å². The Labute approximate surface area is 241 Å². The molecule has 0 radical (unpaired) electrons. The molecule has 212 valence electrons. The van der Waals surface area contributed by atoms with E-state index >= 15 is 0 Å². The summed E-state index contributed by atoms with van der Waals surface area (Å²) in [4.78, 5) is 13.3. The summed E-state index contributed by atoms with van der Waals surface area (Å²) in [6, 6.07) is 12.7. The first-order chi connectivity index (χ1) is 19.3. The summed E-state index contributed by atoms with van der Waals surface area (Å²) in [5.74, 6) is 2.55. The van der Waals surface area contributed by atoms with Crippen molar-refractivity contribution in [3.63, 3.8) is 0 Å². The average Bonchev–Trinajstić information content (AvgIpc) is 3.40. The number of thioether (sulfide) groups is 1. The molecule has 0 unspecified atom stereocenters. The molecule has 40 heavy (non-hydrogen) atoms. The molecule has 8 nitrogen and oxygen atoms in total. The Bertz CT molecular complexity index is 1440. The summed E-state index contributed by atoms with van der Waals surface area (Å²) < 4.78 is 6.33. The van der Waals surface area contributed by atoms with E-state index in [-0.39, 0.29) is 6.10 Å². The fraction of sp³-hybridized carbons (Fsp3) is 0.452. The van der Waals surface area contributed by atoms with Crippen LogP contribution < -0.4 is 15.4 Å². The first-order valence-corrected chi connectivity index (χ1v) is 15.2. The highest BCUT2D eigenvalue weighted by Crippen LogP contribution is 2.39. The van der Waals surface area contributed by atoms with Crippen LogP contribution in [0.3, 0.4) is 0 Å². The maximum atomic E-state index is 6.33. The third-order valence-electron chi connectivity index (χ3n) is 7.26. The van der Waals surface area contributed by atoms with Gasteiger partial charge in [0, 0.05) is 10.1 Å². The molecule has 3 N–H and O–H groups in total. The van der Waals surface area contributed by atoms with Gasteiger partial charge in [0.2, 0.25) is 5.95 Å². The summed E-state index contributed by atoms with van der Waals surface area (Å²) >= 11 is 1.82. The second-order valence-electron chi connectivity index (χ2n) is 11.0. The topological polar surface area (TPSA) is 91.0 Å². The zero-order valence-electron chi connectivity index (χ0n) is 24.4. The quantitative estimate of drug-likeness (QED) is 0.171. The third-order valence-corrected chi connectivity index (χ3v) is 8.35. The van der Waals surface area contributed by atoms with Crippen molar-refractivity contribution in [1.29, 1.82) is 0 Å². The Morgan fingerprint density at radius 2 is 1.82 bits per heavy atom. The van der Waals surface area contributed by atoms with Gasteiger partial charge in [-0.2, -0.15) is 15.1 Å². The van der Waals surface area contributed by atoms with Crippen LogP contribution in [0.25, 0.3) is 11.0 Å². The van der Waals surface area contributed by atoms with Crippen molar-refractivity contribution in [2.75, 3.05) is 30.3 Å². The van der Waals surface area contributed by atoms with Crippen molar-refractivity contribution in [3.8, 4) is 5.75 Å². The fourth-order valence-corrected chi connectivity index (χ4v) is 6.22. The zero-order chi connectivity index (χ0) is 28.2. The molecule has 0 bridgehead atoms. The Morgan fingerprint density at radius 3 is 2.55 bits per heavy atom. The summed E-state index contributed by atoms with van der Waals surface area (Å²) in [6.45, 7) is 16.4. The van der Waals surface area contributed by atoms with Crippen LogP contribution in [-0.2, 0) is 0 Å². The molecule has 1 fully saturated rings. The van der Waals surface area contributed by atoms with Crippen LogP contribution in [-0.4, -0.2) is 56.1 Å². The Morgan fingerprint density at radius 1 is 1.05 bits per heavy atom. The molecule has 0 atom stereocenters. The van der Waals surface area contributed by atoms with E-state index in [1.807, 2.05) is 17.8 Å². The lowest BCUT2D eigenvalue weighted by Gasteiger charge is -2.32. The number of likely N-dealkylation sites (tertiary alicyclic amines) is 1. The van der Waals surface area contributed by atoms with E-state index in [9.17, 15) is 0 Å². The zero-order valence-corrected chi connectivity index (χ0v) is 25.2. The van der Waals surface area contributed by atoms with E-state index in [4.69, 9.17) is 14.7 Å². The molecule has 0 saturated carbocycles. The molecule has 1 saturated heterocycles. The number of H-pyrrole nitrogens is 1. The summed E-state index contributed by atoms with van der Waals surface area (Å²) in [5.41, 5.74) is 5.17. The van der Waals surface area contributed by atoms with E-state index in [0.717, 1.165) is 42.1 Å². The van der Waals surface area contributed by atoms with E-state index < -0.39 is 0 Å². The number of fused-ring (bicyclic) bond motifs is 1. The first kappa shape index (κ1) is 28.2. The maximum Gasteiger partial charge on any atom is 0.231 e. The van der Waals surface area contributed by atoms with E-state index in [2.05, 4.69) is 97.6 Å². The van der Waals surface area contributed by atoms with Gasteiger partial charge in [0.15, 0.2) is 5.65 Å². The van der Waals surface area contributed by atoms with Crippen LogP contribution in [0.5, 0.6) is 5.75 Å². The maximum absolute atomic E-state index is 6.33. The lowest BCUT2D eigenvalue weighted by molar-refractivity contribution is 0.221. The third kappa shape index (κ3) is 6.53. The standard InChI is InChI=1S/C31H41N7OS/c1-7-38-14-12-22(13-15-38)23-17-27(39-19(2)3)26(16-21(23)6)34-31-35-29(24-18-32-37-30(24)36-31)33-25-10-8-9-11-28(25)40-20(4)5/h8-11,16-20,22H,7,12-15H2,1-6H3,(H3,32,33,34,35,36,37). The number of ether oxygens (including phenoxy) is 1. The van der Waals surface area contributed by atoms with Gasteiger partial charge < -0.3 is 20.3 Å². The Kier molecular flexibility index (Phi) is 8.81. The van der Waals surface area contributed by atoms with Gasteiger partial charge in [-0.25, -0.2) is 0 Å². The van der Waals surface area contributed by atoms with Gasteiger partial charge >= 0.3 is 0 Å². The number of aryl methyl sites for hydroxylation is 1. The number of benzene rings is 2. The number of aromatic amines is 1. The van der Waals surface area contributed by atoms with Crippen LogP contribution in [0, 0.1) is 6.92 Å². The van der Waals surface area contributed by atoms with Gasteiger partial charge in [0.1, 0.15) is 11.6 Å². The number of hydrogen-bond donors (Lipinski definition) is 3. The van der Waals surface area contributed by atoms with Crippen molar-refractivity contribution in [3.05, 3.63) is 53.7 Å². The summed E-state index contributed by atoms with van der Waals surface area (Å²) in [7, 11) is 0. The van der Waals surface area contributed by atoms with Crippen LogP contribution in [0.4, 0.5) is 23.1 Å². The van der Waals surface area contributed by atoms with Gasteiger partial charge in [-0.1, -0.05) is 32.9 Å². The molecule has 9 heteroatoms. The normalized spacial score (nSPS) is 14.8. The van der Waals surface area contributed by atoms with Crippen LogP contribution in [0.1, 0.15) is 64.5 Å². The summed E-state index contributed by atoms with van der Waals surface area (Å²) in [6.07, 6.45) is 4.15. The molecular formula is C31H41N7OS. The molecule has 2 aromatic heterocycles. The minimum absolute atomic E-state index is 0.0428. The minimum atomic E-state index is 0.0428. The van der Waals surface area contributed by atoms with Crippen LogP contribution in [0.15, 0.2) is 47.5 Å². The molecule has 0 spiro atoms. The molecule has 3 heterocycles. The number of rotatable bonds is 10. The number of aromatic nitrogens is 4. The van der Waals surface area contributed by atoms with Crippen LogP contribution >= 0.6 is 11.8 Å². The number of nitrogens with one attached hydrogen (secondary N) is 3. The van der Waals surface area contributed by atoms with E-state index in [0.29, 0.717) is 28.6 Å². The predicted molar refractivity (Wildman–Crippen MR) is 167 cm³/mol. The smallest absolute Gasteiger partial charge is 0.231 e. The highest BCUT2D eigenvalue weighted by atomic mass is 32.2. The Balaban J connectivity index is 1.47. The lowest BCUT2D eigenvalue weighted by Crippen LogP contribution is -2.32. The number of para-hydroxylation sites is 1. The minimum Gasteiger partial charge on any atom is -0.489 e. The molecule has 5 rings (SSSR count). The molecular weight excluding hydrogens is 518 g/mol. The highest BCUT2D eigenvalue weighted by molar-refractivity contribution is 8.00. The second kappa shape index (κ2) is 12.5. The molecule has 0 aliphatic carbocycles. The molecule has 1 aliphatic heterocycles. The van der Waals surface area contributed by atoms with Crippen molar-refractivity contribution in [2.45, 2.75) is 76.6 Å². The van der Waals surface area contributed by atoms with Gasteiger partial charge in [-0.3, -0.25) is 5.10 Å². The SMILES string of the molecule is CCN1CCC(c2cc(OC(C)C)c(Nc3nc(Nc4ccccc4SC(C)C)c4cn[nH]c4n3)cc2C)CC1. The van der Waals surface area contributed by atoms with Gasteiger partial charge in [0.25, 0.3) is 0 Å². The van der Waals surface area contributed by atoms with Crippen molar-refractivity contribution in [1.82, 2.24) is 25.1 Å². The number of piperidine rings is 1. The lowest BCUT2D eigenvalue weighted by atomic mass is 9.86. The second-order valence-corrected chi connectivity index (χ2v) is 12.6. The summed E-state index contributed by atoms with van der Waals surface area (Å²) in [5, 5.41) is 15.6. The number of hydrogen-bond acceptors (Lipinski definition) is 8. The first-order valence-electron chi connectivity index (χ1n) is 14.3. The Hall–Kier alpha value is -3.30. The fourth-order valence-electron chi connectivity index (χ4n) is 5.31. The van der Waals surface area contributed by atoms with E-state index in [1.54, 1.807) is 6.20 Å². The number of anilines is 4. The van der Waals surface area contributed by atoms with Gasteiger partial charge in [0.05, 0.1) is 29.1 Å². The van der Waals surface area contributed by atoms with Crippen LogP contribution in [0.2, 0.25) is 0 Å². The van der Waals surface area contributed by atoms with Crippen molar-refractivity contribution in [2.24, 2.45) is 0 Å². The van der Waals surface area contributed by atoms with Gasteiger partial charge in [-0.15, -0.1) is 11.8 Å². The number of nitrogens with zero attached hydrogens (tertiary/aromatic N) is 4. The molecule has 4 aromatic rings. The molecule has 2 aromatic carbocycles. The average molecular weight is 560 g/mol.